The fraction of sp³-hybridized carbons (Fsp3) is 0.294. The number of benzene rings is 4. The Labute approximate surface area is 222 Å². The molecule has 190 valence electrons. The molecule has 0 aliphatic rings. The van der Waals surface area contributed by atoms with E-state index in [0.29, 0.717) is 0 Å². The van der Waals surface area contributed by atoms with Crippen LogP contribution in [0, 0.1) is 6.92 Å². The number of aryl methyl sites for hydroxylation is 2. The van der Waals surface area contributed by atoms with Gasteiger partial charge in [-0.1, -0.05) is 103 Å². The predicted octanol–water partition coefficient (Wildman–Crippen LogP) is 9.48. The molecule has 0 aliphatic carbocycles. The van der Waals surface area contributed by atoms with E-state index >= 15 is 0 Å². The standard InChI is InChI=1S/C34H37O2P/c1-25-14-4-8-18-28(25)29-19-9-6-16-26(29)15-5-7-17-27(36-34(2,3)35)24-37-32-22-12-10-20-30(32)31-21-11-13-23-33(31)37/h4,6,8-14,16,18-23,27,35H,5,7,15,17,24H2,1-3H3. The van der Waals surface area contributed by atoms with Gasteiger partial charge in [0.05, 0.1) is 6.10 Å². The summed E-state index contributed by atoms with van der Waals surface area (Å²) in [5.41, 5.74) is 5.38. The predicted molar refractivity (Wildman–Crippen MR) is 160 cm³/mol. The van der Waals surface area contributed by atoms with E-state index in [4.69, 9.17) is 4.74 Å². The zero-order valence-electron chi connectivity index (χ0n) is 22.2. The number of rotatable bonds is 10. The van der Waals surface area contributed by atoms with Gasteiger partial charge in [-0.3, -0.25) is 0 Å². The normalized spacial score (nSPS) is 12.9. The van der Waals surface area contributed by atoms with Gasteiger partial charge in [-0.05, 0) is 73.1 Å². The van der Waals surface area contributed by atoms with Crippen molar-refractivity contribution in [1.29, 1.82) is 0 Å². The number of fused-ring (bicyclic) bond motifs is 3. The van der Waals surface area contributed by atoms with Gasteiger partial charge in [0.15, 0.2) is 5.79 Å². The Morgan fingerprint density at radius 1 is 0.730 bits per heavy atom. The lowest BCUT2D eigenvalue weighted by atomic mass is 9.93. The van der Waals surface area contributed by atoms with E-state index < -0.39 is 13.3 Å². The molecule has 1 N–H and O–H groups in total. The van der Waals surface area contributed by atoms with E-state index in [0.717, 1.165) is 31.8 Å². The summed E-state index contributed by atoms with van der Waals surface area (Å²) in [6, 6.07) is 35.1. The van der Waals surface area contributed by atoms with Gasteiger partial charge in [0.25, 0.3) is 0 Å². The quantitative estimate of drug-likeness (QED) is 0.150. The highest BCUT2D eigenvalue weighted by molar-refractivity contribution is 7.60. The summed E-state index contributed by atoms with van der Waals surface area (Å²) < 4.78 is 6.26. The van der Waals surface area contributed by atoms with Crippen molar-refractivity contribution in [3.63, 3.8) is 0 Å². The van der Waals surface area contributed by atoms with Crippen LogP contribution in [0.1, 0.15) is 44.2 Å². The molecule has 0 fully saturated rings. The number of hydrogen-bond donors (Lipinski definition) is 1. The Kier molecular flexibility index (Phi) is 7.81. The van der Waals surface area contributed by atoms with Crippen LogP contribution in [0.25, 0.3) is 32.1 Å². The maximum atomic E-state index is 10.6. The van der Waals surface area contributed by atoms with Crippen molar-refractivity contribution in [3.8, 4) is 11.1 Å². The topological polar surface area (TPSA) is 29.5 Å². The Morgan fingerprint density at radius 2 is 1.30 bits per heavy atom. The minimum atomic E-state index is -1.14. The minimum Gasteiger partial charge on any atom is -0.366 e. The van der Waals surface area contributed by atoms with Gasteiger partial charge in [0.1, 0.15) is 0 Å². The second-order valence-corrected chi connectivity index (χ2v) is 12.7. The molecule has 4 aromatic carbocycles. The first kappa shape index (κ1) is 25.7. The molecule has 0 radical (unpaired) electrons. The highest BCUT2D eigenvalue weighted by atomic mass is 31.1. The summed E-state index contributed by atoms with van der Waals surface area (Å²) in [7, 11) is -0.509. The molecule has 0 bridgehead atoms. The fourth-order valence-electron chi connectivity index (χ4n) is 5.56. The summed E-state index contributed by atoms with van der Waals surface area (Å²) >= 11 is 0. The Hall–Kier alpha value is -2.90. The average Bonchev–Trinajstić information content (AvgIpc) is 3.20. The van der Waals surface area contributed by atoms with Crippen LogP contribution in [0.2, 0.25) is 0 Å². The van der Waals surface area contributed by atoms with Gasteiger partial charge >= 0.3 is 0 Å². The minimum absolute atomic E-state index is 0.0111. The van der Waals surface area contributed by atoms with Crippen molar-refractivity contribution in [3.05, 3.63) is 108 Å². The van der Waals surface area contributed by atoms with Crippen LogP contribution >= 0.6 is 7.53 Å². The maximum absolute atomic E-state index is 10.6. The lowest BCUT2D eigenvalue weighted by Crippen LogP contribution is -2.30. The number of unbranched alkanes of at least 4 members (excludes halogenated alkanes) is 1. The molecular formula is C34H37O2P. The molecule has 0 amide bonds. The SMILES string of the molecule is Cc1ccccc1-c1ccccc1CCCCC(Cp1c2ccccc2c2ccccc21)OC(C)(C)O. The van der Waals surface area contributed by atoms with E-state index in [1.807, 2.05) is 0 Å². The molecule has 5 rings (SSSR count). The van der Waals surface area contributed by atoms with Gasteiger partial charge in [-0.25, -0.2) is 0 Å². The van der Waals surface area contributed by atoms with Gasteiger partial charge in [0.2, 0.25) is 0 Å². The Balaban J connectivity index is 1.32. The summed E-state index contributed by atoms with van der Waals surface area (Å²) in [6.45, 7) is 5.69. The maximum Gasteiger partial charge on any atom is 0.160 e. The van der Waals surface area contributed by atoms with Gasteiger partial charge in [0, 0.05) is 16.4 Å². The summed E-state index contributed by atoms with van der Waals surface area (Å²) in [5, 5.41) is 16.2. The molecule has 3 heteroatoms. The average molecular weight is 509 g/mol. The third kappa shape index (κ3) is 5.99. The van der Waals surface area contributed by atoms with Crippen LogP contribution in [0.4, 0.5) is 0 Å². The third-order valence-corrected chi connectivity index (χ3v) is 9.91. The summed E-state index contributed by atoms with van der Waals surface area (Å²) in [5.74, 6) is -1.14. The summed E-state index contributed by atoms with van der Waals surface area (Å²) in [6.07, 6.45) is 5.10. The van der Waals surface area contributed by atoms with E-state index in [9.17, 15) is 5.11 Å². The third-order valence-electron chi connectivity index (χ3n) is 7.20. The van der Waals surface area contributed by atoms with Crippen molar-refractivity contribution in [2.75, 3.05) is 0 Å². The van der Waals surface area contributed by atoms with E-state index in [-0.39, 0.29) is 6.10 Å². The molecule has 37 heavy (non-hydrogen) atoms. The molecule has 1 heterocycles. The Morgan fingerprint density at radius 3 is 1.95 bits per heavy atom. The first-order chi connectivity index (χ1) is 17.9. The second kappa shape index (κ2) is 11.2. The van der Waals surface area contributed by atoms with Crippen molar-refractivity contribution >= 4 is 28.5 Å². The van der Waals surface area contributed by atoms with Crippen molar-refractivity contribution in [1.82, 2.24) is 0 Å². The van der Waals surface area contributed by atoms with Crippen molar-refractivity contribution in [2.24, 2.45) is 0 Å². The molecule has 0 saturated carbocycles. The smallest absolute Gasteiger partial charge is 0.160 e. The zero-order valence-corrected chi connectivity index (χ0v) is 23.0. The zero-order chi connectivity index (χ0) is 25.8. The molecule has 0 aliphatic heterocycles. The lowest BCUT2D eigenvalue weighted by Gasteiger charge is -2.27. The fourth-order valence-corrected chi connectivity index (χ4v) is 8.38. The molecule has 5 aromatic rings. The van der Waals surface area contributed by atoms with Crippen LogP contribution in [0.15, 0.2) is 97.1 Å². The lowest BCUT2D eigenvalue weighted by molar-refractivity contribution is -0.204. The molecule has 1 unspecified atom stereocenters. The van der Waals surface area contributed by atoms with Crippen LogP contribution in [-0.4, -0.2) is 17.0 Å². The molecule has 1 atom stereocenters. The molecule has 0 saturated heterocycles. The van der Waals surface area contributed by atoms with Crippen LogP contribution in [0.5, 0.6) is 0 Å². The van der Waals surface area contributed by atoms with Crippen LogP contribution in [0.3, 0.4) is 0 Å². The molecule has 0 spiro atoms. The molecule has 2 nitrogen and oxygen atoms in total. The van der Waals surface area contributed by atoms with Gasteiger partial charge in [-0.15, -0.1) is 7.53 Å². The monoisotopic (exact) mass is 508 g/mol. The second-order valence-electron chi connectivity index (χ2n) is 10.5. The van der Waals surface area contributed by atoms with E-state index in [1.165, 1.54) is 43.3 Å². The number of ether oxygens (including phenoxy) is 1. The largest absolute Gasteiger partial charge is 0.366 e. The van der Waals surface area contributed by atoms with Gasteiger partial charge < -0.3 is 9.84 Å². The molecular weight excluding hydrogens is 471 g/mol. The highest BCUT2D eigenvalue weighted by Gasteiger charge is 2.23. The number of aliphatic hydroxyl groups is 1. The summed E-state index contributed by atoms with van der Waals surface area (Å²) in [4.78, 5) is 0. The van der Waals surface area contributed by atoms with E-state index in [2.05, 4.69) is 104 Å². The van der Waals surface area contributed by atoms with Crippen molar-refractivity contribution < 1.29 is 9.84 Å². The van der Waals surface area contributed by atoms with Crippen molar-refractivity contribution in [2.45, 2.75) is 64.5 Å². The number of hydrogen-bond acceptors (Lipinski definition) is 2. The van der Waals surface area contributed by atoms with Gasteiger partial charge in [-0.2, -0.15) is 0 Å². The van der Waals surface area contributed by atoms with E-state index in [1.54, 1.807) is 13.8 Å². The highest BCUT2D eigenvalue weighted by Crippen LogP contribution is 2.50. The van der Waals surface area contributed by atoms with Crippen LogP contribution in [-0.2, 0) is 17.3 Å². The van der Waals surface area contributed by atoms with Crippen LogP contribution < -0.4 is 0 Å². The first-order valence-corrected chi connectivity index (χ1v) is 14.9. The Bertz CT molecular complexity index is 1440. The first-order valence-electron chi connectivity index (χ1n) is 13.4. The molecule has 1 aromatic heterocycles.